The molecule has 1 N–H and O–H groups in total. The number of hydrogen-bond acceptors (Lipinski definition) is 2. The van der Waals surface area contributed by atoms with Crippen molar-refractivity contribution < 1.29 is 0 Å². The van der Waals surface area contributed by atoms with Gasteiger partial charge in [0, 0.05) is 31.2 Å². The van der Waals surface area contributed by atoms with E-state index in [-0.39, 0.29) is 0 Å². The van der Waals surface area contributed by atoms with Gasteiger partial charge in [-0.25, -0.2) is 0 Å². The Morgan fingerprint density at radius 1 is 1.00 bits per heavy atom. The Kier molecular flexibility index (Phi) is 5.61. The Bertz CT molecular complexity index is 307. The zero-order chi connectivity index (χ0) is 14.7. The van der Waals surface area contributed by atoms with E-state index < -0.39 is 0 Å². The van der Waals surface area contributed by atoms with E-state index in [1.165, 1.54) is 77.3 Å². The Morgan fingerprint density at radius 3 is 2.38 bits per heavy atom. The lowest BCUT2D eigenvalue weighted by Crippen LogP contribution is -2.55. The average Bonchev–Trinajstić information content (AvgIpc) is 2.89. The number of piperidine rings is 1. The van der Waals surface area contributed by atoms with Crippen molar-refractivity contribution in [3.05, 3.63) is 0 Å². The molecule has 0 spiro atoms. The molecule has 3 atom stereocenters. The predicted molar refractivity (Wildman–Crippen MR) is 90.6 cm³/mol. The fourth-order valence-electron chi connectivity index (χ4n) is 4.96. The minimum absolute atomic E-state index is 0.765. The highest BCUT2D eigenvalue weighted by molar-refractivity contribution is 4.91. The number of likely N-dealkylation sites (tertiary alicyclic amines) is 1. The van der Waals surface area contributed by atoms with E-state index in [0.717, 1.165) is 30.0 Å². The smallest absolute Gasteiger partial charge is 0.0200 e. The number of rotatable bonds is 6. The van der Waals surface area contributed by atoms with Crippen LogP contribution >= 0.6 is 0 Å². The highest BCUT2D eigenvalue weighted by Crippen LogP contribution is 2.34. The van der Waals surface area contributed by atoms with Crippen LogP contribution in [0.1, 0.15) is 78.1 Å². The van der Waals surface area contributed by atoms with Crippen LogP contribution in [0.4, 0.5) is 0 Å². The summed E-state index contributed by atoms with van der Waals surface area (Å²) in [7, 11) is 0. The van der Waals surface area contributed by atoms with Crippen LogP contribution in [0.3, 0.4) is 0 Å². The van der Waals surface area contributed by atoms with Crippen molar-refractivity contribution in [2.24, 2.45) is 11.8 Å². The van der Waals surface area contributed by atoms with Crippen molar-refractivity contribution in [3.8, 4) is 0 Å². The van der Waals surface area contributed by atoms with Crippen molar-refractivity contribution in [2.75, 3.05) is 13.1 Å². The SMILES string of the molecule is CCCC1CC(NC2CCCC2)CN(C(C)C2CCC2)C1. The zero-order valence-corrected chi connectivity index (χ0v) is 14.3. The molecule has 2 saturated carbocycles. The van der Waals surface area contributed by atoms with Gasteiger partial charge in [0.1, 0.15) is 0 Å². The number of nitrogens with one attached hydrogen (secondary N) is 1. The van der Waals surface area contributed by atoms with Crippen LogP contribution < -0.4 is 5.32 Å². The van der Waals surface area contributed by atoms with Crippen LogP contribution in [0.2, 0.25) is 0 Å². The van der Waals surface area contributed by atoms with E-state index in [1.54, 1.807) is 0 Å². The summed E-state index contributed by atoms with van der Waals surface area (Å²) in [6.07, 6.45) is 14.4. The van der Waals surface area contributed by atoms with Gasteiger partial charge in [-0.15, -0.1) is 0 Å². The van der Waals surface area contributed by atoms with Gasteiger partial charge in [0.2, 0.25) is 0 Å². The second-order valence-electron chi connectivity index (χ2n) is 8.12. The van der Waals surface area contributed by atoms with E-state index >= 15 is 0 Å². The highest BCUT2D eigenvalue weighted by Gasteiger charge is 2.35. The molecule has 1 saturated heterocycles. The molecule has 0 amide bonds. The third kappa shape index (κ3) is 4.01. The third-order valence-electron chi connectivity index (χ3n) is 6.50. The topological polar surface area (TPSA) is 15.3 Å². The molecular formula is C19H36N2. The second-order valence-corrected chi connectivity index (χ2v) is 8.12. The maximum Gasteiger partial charge on any atom is 0.0200 e. The summed E-state index contributed by atoms with van der Waals surface area (Å²) in [6, 6.07) is 2.42. The van der Waals surface area contributed by atoms with Gasteiger partial charge in [0.25, 0.3) is 0 Å². The van der Waals surface area contributed by atoms with Gasteiger partial charge in [-0.1, -0.05) is 32.6 Å². The largest absolute Gasteiger partial charge is 0.310 e. The Morgan fingerprint density at radius 2 is 1.76 bits per heavy atom. The first-order valence-electron chi connectivity index (χ1n) is 9.76. The zero-order valence-electron chi connectivity index (χ0n) is 14.3. The Hall–Kier alpha value is -0.0800. The van der Waals surface area contributed by atoms with E-state index in [9.17, 15) is 0 Å². The lowest BCUT2D eigenvalue weighted by molar-refractivity contribution is 0.0470. The fourth-order valence-corrected chi connectivity index (χ4v) is 4.96. The second kappa shape index (κ2) is 7.46. The van der Waals surface area contributed by atoms with Crippen LogP contribution in [0.25, 0.3) is 0 Å². The molecule has 3 aliphatic rings. The number of nitrogens with zero attached hydrogens (tertiary/aromatic N) is 1. The quantitative estimate of drug-likeness (QED) is 0.789. The molecule has 122 valence electrons. The van der Waals surface area contributed by atoms with Gasteiger partial charge in [0.05, 0.1) is 0 Å². The molecule has 2 aliphatic carbocycles. The van der Waals surface area contributed by atoms with E-state index in [4.69, 9.17) is 0 Å². The van der Waals surface area contributed by atoms with Gasteiger partial charge < -0.3 is 5.32 Å². The van der Waals surface area contributed by atoms with Gasteiger partial charge in [0.15, 0.2) is 0 Å². The third-order valence-corrected chi connectivity index (χ3v) is 6.50. The molecule has 0 bridgehead atoms. The molecular weight excluding hydrogens is 256 g/mol. The monoisotopic (exact) mass is 292 g/mol. The Labute approximate surface area is 132 Å². The van der Waals surface area contributed by atoms with Gasteiger partial charge in [-0.3, -0.25) is 4.90 Å². The van der Waals surface area contributed by atoms with E-state index in [0.29, 0.717) is 0 Å². The molecule has 1 heterocycles. The van der Waals surface area contributed by atoms with Crippen molar-refractivity contribution in [1.29, 1.82) is 0 Å². The molecule has 0 aromatic carbocycles. The summed E-state index contributed by atoms with van der Waals surface area (Å²) < 4.78 is 0. The molecule has 3 rings (SSSR count). The molecule has 0 aromatic heterocycles. The standard InChI is InChI=1S/C19H36N2/c1-3-7-16-12-19(20-18-10-4-5-11-18)14-21(13-16)15(2)17-8-6-9-17/h15-20H,3-14H2,1-2H3. The van der Waals surface area contributed by atoms with Crippen molar-refractivity contribution >= 4 is 0 Å². The summed E-state index contributed by atoms with van der Waals surface area (Å²) in [5.74, 6) is 1.93. The van der Waals surface area contributed by atoms with Gasteiger partial charge >= 0.3 is 0 Å². The molecule has 2 heteroatoms. The molecule has 0 radical (unpaired) electrons. The Balaban J connectivity index is 1.57. The molecule has 0 aromatic rings. The lowest BCUT2D eigenvalue weighted by Gasteiger charge is -2.46. The normalized spacial score (nSPS) is 34.0. The first kappa shape index (κ1) is 15.8. The van der Waals surface area contributed by atoms with Crippen LogP contribution in [0.15, 0.2) is 0 Å². The summed E-state index contributed by atoms with van der Waals surface area (Å²) in [5.41, 5.74) is 0. The molecule has 1 aliphatic heterocycles. The molecule has 3 unspecified atom stereocenters. The van der Waals surface area contributed by atoms with Crippen molar-refractivity contribution in [1.82, 2.24) is 10.2 Å². The fraction of sp³-hybridized carbons (Fsp3) is 1.00. The maximum atomic E-state index is 4.02. The summed E-state index contributed by atoms with van der Waals surface area (Å²) >= 11 is 0. The van der Waals surface area contributed by atoms with Crippen LogP contribution in [-0.4, -0.2) is 36.1 Å². The maximum absolute atomic E-state index is 4.02. The van der Waals surface area contributed by atoms with Crippen molar-refractivity contribution in [2.45, 2.75) is 96.2 Å². The summed E-state index contributed by atoms with van der Waals surface area (Å²) in [4.78, 5) is 2.85. The molecule has 21 heavy (non-hydrogen) atoms. The lowest BCUT2D eigenvalue weighted by atomic mass is 9.78. The minimum atomic E-state index is 0.765. The van der Waals surface area contributed by atoms with Crippen molar-refractivity contribution in [3.63, 3.8) is 0 Å². The summed E-state index contributed by atoms with van der Waals surface area (Å²) in [6.45, 7) is 7.54. The van der Waals surface area contributed by atoms with Gasteiger partial charge in [-0.2, -0.15) is 0 Å². The first-order chi connectivity index (χ1) is 10.3. The average molecular weight is 293 g/mol. The van der Waals surface area contributed by atoms with E-state index in [1.807, 2.05) is 0 Å². The first-order valence-corrected chi connectivity index (χ1v) is 9.76. The van der Waals surface area contributed by atoms with E-state index in [2.05, 4.69) is 24.1 Å². The van der Waals surface area contributed by atoms with Gasteiger partial charge in [-0.05, 0) is 57.3 Å². The summed E-state index contributed by atoms with van der Waals surface area (Å²) in [5, 5.41) is 4.02. The number of hydrogen-bond donors (Lipinski definition) is 1. The molecule has 3 fully saturated rings. The highest BCUT2D eigenvalue weighted by atomic mass is 15.2. The molecule has 2 nitrogen and oxygen atoms in total. The minimum Gasteiger partial charge on any atom is -0.310 e. The van der Waals surface area contributed by atoms with Crippen LogP contribution in [-0.2, 0) is 0 Å². The van der Waals surface area contributed by atoms with Crippen LogP contribution in [0.5, 0.6) is 0 Å². The predicted octanol–water partition coefficient (Wildman–Crippen LogP) is 4.20. The van der Waals surface area contributed by atoms with Crippen LogP contribution in [0, 0.1) is 11.8 Å².